The van der Waals surface area contributed by atoms with Crippen LogP contribution in [0.4, 0.5) is 5.82 Å². The number of anilines is 1. The molecule has 1 aromatic heterocycles. The van der Waals surface area contributed by atoms with Crippen molar-refractivity contribution < 1.29 is 14.3 Å². The van der Waals surface area contributed by atoms with E-state index in [4.69, 9.17) is 9.47 Å². The summed E-state index contributed by atoms with van der Waals surface area (Å²) < 4.78 is 10.3. The van der Waals surface area contributed by atoms with Gasteiger partial charge in [-0.3, -0.25) is 0 Å². The van der Waals surface area contributed by atoms with Gasteiger partial charge >= 0.3 is 5.97 Å². The standard InChI is InChI=1S/C15H17N3O3/c1-10-14(17-12-6-4-3-5-11(12)16-10)18-7-8-21-9-13(18)15(19)20-2/h3-6,13H,7-9H2,1-2H3. The fourth-order valence-electron chi connectivity index (χ4n) is 2.54. The lowest BCUT2D eigenvalue weighted by molar-refractivity contribution is -0.144. The van der Waals surface area contributed by atoms with E-state index >= 15 is 0 Å². The monoisotopic (exact) mass is 287 g/mol. The van der Waals surface area contributed by atoms with Crippen molar-refractivity contribution in [1.29, 1.82) is 0 Å². The Bertz CT molecular complexity index is 674. The molecule has 1 unspecified atom stereocenters. The molecular weight excluding hydrogens is 270 g/mol. The topological polar surface area (TPSA) is 64.6 Å². The highest BCUT2D eigenvalue weighted by atomic mass is 16.5. The van der Waals surface area contributed by atoms with Crippen LogP contribution in [0, 0.1) is 6.92 Å². The molecule has 0 radical (unpaired) electrons. The molecule has 2 heterocycles. The second-order valence-electron chi connectivity index (χ2n) is 4.93. The Morgan fingerprint density at radius 3 is 2.76 bits per heavy atom. The second kappa shape index (κ2) is 5.65. The molecule has 6 heteroatoms. The molecule has 0 spiro atoms. The van der Waals surface area contributed by atoms with E-state index in [1.165, 1.54) is 7.11 Å². The molecule has 1 saturated heterocycles. The van der Waals surface area contributed by atoms with Crippen LogP contribution in [0.5, 0.6) is 0 Å². The average molecular weight is 287 g/mol. The van der Waals surface area contributed by atoms with E-state index in [0.717, 1.165) is 16.7 Å². The second-order valence-corrected chi connectivity index (χ2v) is 4.93. The average Bonchev–Trinajstić information content (AvgIpc) is 2.53. The third-order valence-corrected chi connectivity index (χ3v) is 3.59. The summed E-state index contributed by atoms with van der Waals surface area (Å²) in [4.78, 5) is 23.1. The Hall–Kier alpha value is -2.21. The minimum absolute atomic E-state index is 0.306. The normalized spacial score (nSPS) is 18.8. The summed E-state index contributed by atoms with van der Waals surface area (Å²) in [5.74, 6) is 0.399. The summed E-state index contributed by atoms with van der Waals surface area (Å²) in [7, 11) is 1.38. The van der Waals surface area contributed by atoms with Gasteiger partial charge in [-0.2, -0.15) is 0 Å². The number of hydrogen-bond acceptors (Lipinski definition) is 6. The van der Waals surface area contributed by atoms with Crippen LogP contribution in [0.3, 0.4) is 0 Å². The molecule has 110 valence electrons. The van der Waals surface area contributed by atoms with Crippen LogP contribution in [-0.2, 0) is 14.3 Å². The zero-order valence-corrected chi connectivity index (χ0v) is 12.1. The minimum atomic E-state index is -0.474. The molecule has 6 nitrogen and oxygen atoms in total. The Kier molecular flexibility index (Phi) is 3.70. The number of methoxy groups -OCH3 is 1. The molecule has 21 heavy (non-hydrogen) atoms. The molecule has 3 rings (SSSR count). The number of aryl methyl sites for hydroxylation is 1. The highest BCUT2D eigenvalue weighted by Crippen LogP contribution is 2.23. The number of morpholine rings is 1. The summed E-state index contributed by atoms with van der Waals surface area (Å²) >= 11 is 0. The number of aromatic nitrogens is 2. The number of esters is 1. The summed E-state index contributed by atoms with van der Waals surface area (Å²) in [6, 6.07) is 7.22. The van der Waals surface area contributed by atoms with Crippen molar-refractivity contribution in [3.05, 3.63) is 30.0 Å². The predicted molar refractivity (Wildman–Crippen MR) is 78.2 cm³/mol. The lowest BCUT2D eigenvalue weighted by Crippen LogP contribution is -2.51. The van der Waals surface area contributed by atoms with Crippen LogP contribution in [0.25, 0.3) is 11.0 Å². The van der Waals surface area contributed by atoms with Crippen molar-refractivity contribution in [2.45, 2.75) is 13.0 Å². The number of fused-ring (bicyclic) bond motifs is 1. The number of rotatable bonds is 2. The van der Waals surface area contributed by atoms with Crippen molar-refractivity contribution in [2.24, 2.45) is 0 Å². The first-order valence-corrected chi connectivity index (χ1v) is 6.86. The maximum absolute atomic E-state index is 11.9. The van der Waals surface area contributed by atoms with Gasteiger partial charge in [-0.25, -0.2) is 14.8 Å². The zero-order chi connectivity index (χ0) is 14.8. The highest BCUT2D eigenvalue weighted by molar-refractivity contribution is 5.82. The molecule has 0 amide bonds. The van der Waals surface area contributed by atoms with Crippen LogP contribution < -0.4 is 4.90 Å². The predicted octanol–water partition coefficient (Wildman–Crippen LogP) is 1.32. The van der Waals surface area contributed by atoms with Gasteiger partial charge in [0.1, 0.15) is 0 Å². The molecule has 0 saturated carbocycles. The molecule has 0 aliphatic carbocycles. The molecule has 0 N–H and O–H groups in total. The summed E-state index contributed by atoms with van der Waals surface area (Å²) in [5.41, 5.74) is 2.46. The van der Waals surface area contributed by atoms with E-state index in [-0.39, 0.29) is 5.97 Å². The molecule has 1 atom stereocenters. The third kappa shape index (κ3) is 2.54. The van der Waals surface area contributed by atoms with E-state index in [9.17, 15) is 4.79 Å². The first kappa shape index (κ1) is 13.8. The summed E-state index contributed by atoms with van der Waals surface area (Å²) in [5, 5.41) is 0. The number of carbonyl (C=O) groups excluding carboxylic acids is 1. The number of ether oxygens (including phenoxy) is 2. The van der Waals surface area contributed by atoms with E-state index in [1.807, 2.05) is 36.1 Å². The van der Waals surface area contributed by atoms with Crippen LogP contribution in [0.15, 0.2) is 24.3 Å². The third-order valence-electron chi connectivity index (χ3n) is 3.59. The Balaban J connectivity index is 2.04. The van der Waals surface area contributed by atoms with Crippen molar-refractivity contribution >= 4 is 22.8 Å². The Morgan fingerprint density at radius 1 is 1.33 bits per heavy atom. The molecule has 1 aromatic carbocycles. The quantitative estimate of drug-likeness (QED) is 0.776. The first-order chi connectivity index (χ1) is 10.2. The van der Waals surface area contributed by atoms with Gasteiger partial charge in [0.2, 0.25) is 0 Å². The lowest BCUT2D eigenvalue weighted by atomic mass is 10.2. The summed E-state index contributed by atoms with van der Waals surface area (Å²) in [6.45, 7) is 3.36. The number of hydrogen-bond donors (Lipinski definition) is 0. The number of nitrogens with zero attached hydrogens (tertiary/aromatic N) is 3. The van der Waals surface area contributed by atoms with Gasteiger partial charge in [-0.15, -0.1) is 0 Å². The van der Waals surface area contributed by atoms with Gasteiger partial charge in [0.05, 0.1) is 37.1 Å². The first-order valence-electron chi connectivity index (χ1n) is 6.86. The van der Waals surface area contributed by atoms with Crippen molar-refractivity contribution in [3.8, 4) is 0 Å². The van der Waals surface area contributed by atoms with Gasteiger partial charge < -0.3 is 14.4 Å². The Labute approximate surface area is 122 Å². The smallest absolute Gasteiger partial charge is 0.330 e. The van der Waals surface area contributed by atoms with Gasteiger partial charge in [0, 0.05) is 6.54 Å². The van der Waals surface area contributed by atoms with Crippen molar-refractivity contribution in [1.82, 2.24) is 9.97 Å². The molecule has 0 bridgehead atoms. The van der Waals surface area contributed by atoms with Crippen LogP contribution >= 0.6 is 0 Å². The fourth-order valence-corrected chi connectivity index (χ4v) is 2.54. The molecule has 1 aliphatic heterocycles. The molecule has 1 fully saturated rings. The fraction of sp³-hybridized carbons (Fsp3) is 0.400. The number of carbonyl (C=O) groups is 1. The van der Waals surface area contributed by atoms with Gasteiger partial charge in [-0.05, 0) is 19.1 Å². The van der Waals surface area contributed by atoms with Crippen molar-refractivity contribution in [3.63, 3.8) is 0 Å². The van der Waals surface area contributed by atoms with Gasteiger partial charge in [0.25, 0.3) is 0 Å². The number of para-hydroxylation sites is 2. The van der Waals surface area contributed by atoms with Crippen molar-refractivity contribution in [2.75, 3.05) is 31.8 Å². The molecular formula is C15H17N3O3. The van der Waals surface area contributed by atoms with Crippen LogP contribution in [0.1, 0.15) is 5.69 Å². The molecule has 2 aromatic rings. The maximum atomic E-state index is 11.9. The van der Waals surface area contributed by atoms with E-state index in [1.54, 1.807) is 0 Å². The molecule has 1 aliphatic rings. The van der Waals surface area contributed by atoms with E-state index in [0.29, 0.717) is 25.6 Å². The highest BCUT2D eigenvalue weighted by Gasteiger charge is 2.32. The van der Waals surface area contributed by atoms with E-state index in [2.05, 4.69) is 9.97 Å². The maximum Gasteiger partial charge on any atom is 0.330 e. The largest absolute Gasteiger partial charge is 0.467 e. The SMILES string of the molecule is COC(=O)C1COCCN1c1nc2ccccc2nc1C. The zero-order valence-electron chi connectivity index (χ0n) is 12.1. The van der Waals surface area contributed by atoms with Gasteiger partial charge in [-0.1, -0.05) is 12.1 Å². The van der Waals surface area contributed by atoms with Gasteiger partial charge in [0.15, 0.2) is 11.9 Å². The lowest BCUT2D eigenvalue weighted by Gasteiger charge is -2.35. The van der Waals surface area contributed by atoms with E-state index < -0.39 is 6.04 Å². The summed E-state index contributed by atoms with van der Waals surface area (Å²) in [6.07, 6.45) is 0. The minimum Gasteiger partial charge on any atom is -0.467 e. The Morgan fingerprint density at radius 2 is 2.05 bits per heavy atom. The number of benzene rings is 1. The van der Waals surface area contributed by atoms with Crippen LogP contribution in [-0.4, -0.2) is 48.8 Å². The van der Waals surface area contributed by atoms with Crippen LogP contribution in [0.2, 0.25) is 0 Å².